The highest BCUT2D eigenvalue weighted by atomic mass is 32.1. The van der Waals surface area contributed by atoms with E-state index in [9.17, 15) is 9.59 Å². The molecule has 1 aliphatic rings. The van der Waals surface area contributed by atoms with Crippen LogP contribution in [0.25, 0.3) is 22.2 Å². The minimum Gasteiger partial charge on any atom is -0.493 e. The number of carbonyl (C=O) groups is 2. The highest BCUT2D eigenvalue weighted by Gasteiger charge is 2.30. The van der Waals surface area contributed by atoms with Gasteiger partial charge in [0.15, 0.2) is 11.5 Å². The Hall–Kier alpha value is -3.91. The second-order valence-electron chi connectivity index (χ2n) is 9.54. The maximum atomic E-state index is 13.9. The summed E-state index contributed by atoms with van der Waals surface area (Å²) in [5, 5.41) is 4.35. The summed E-state index contributed by atoms with van der Waals surface area (Å²) in [7, 11) is 3.17. The molecular weight excluding hydrogens is 512 g/mol. The Bertz CT molecular complexity index is 1540. The lowest BCUT2D eigenvalue weighted by Gasteiger charge is -2.20. The van der Waals surface area contributed by atoms with Gasteiger partial charge in [-0.05, 0) is 68.0 Å². The van der Waals surface area contributed by atoms with Crippen LogP contribution in [0.15, 0.2) is 48.5 Å². The largest absolute Gasteiger partial charge is 0.493 e. The fourth-order valence-electron chi connectivity index (χ4n) is 5.19. The molecule has 7 nitrogen and oxygen atoms in total. The molecule has 202 valence electrons. The summed E-state index contributed by atoms with van der Waals surface area (Å²) in [6, 6.07) is 14.9. The van der Waals surface area contributed by atoms with Crippen LogP contribution in [-0.2, 0) is 17.6 Å². The standard InChI is InChI=1S/C31H32N2O5S/c1-5-18-11-13-21-27(15-18)39-30(28(21)31(35)38-6-2)33-29(34)22-17-24(32-23-10-8-7-9-20(22)23)19-12-14-25(36-3)26(16-19)37-4/h7-10,12,14,16-18H,5-6,11,13,15H2,1-4H3,(H,33,34). The van der Waals surface area contributed by atoms with Crippen molar-refractivity contribution in [2.45, 2.75) is 39.5 Å². The number of benzene rings is 2. The molecule has 39 heavy (non-hydrogen) atoms. The third kappa shape index (κ3) is 5.21. The quantitative estimate of drug-likeness (QED) is 0.242. The fraction of sp³-hybridized carbons (Fsp3) is 0.323. The van der Waals surface area contributed by atoms with Crippen LogP contribution < -0.4 is 14.8 Å². The number of pyridine rings is 1. The van der Waals surface area contributed by atoms with E-state index >= 15 is 0 Å². The molecule has 0 fully saturated rings. The van der Waals surface area contributed by atoms with Crippen LogP contribution in [0.2, 0.25) is 0 Å². The number of methoxy groups -OCH3 is 2. The smallest absolute Gasteiger partial charge is 0.341 e. The zero-order valence-electron chi connectivity index (χ0n) is 22.6. The van der Waals surface area contributed by atoms with Crippen molar-refractivity contribution in [3.05, 3.63) is 70.1 Å². The van der Waals surface area contributed by atoms with E-state index in [1.165, 1.54) is 11.3 Å². The summed E-state index contributed by atoms with van der Waals surface area (Å²) in [6.07, 6.45) is 3.86. The van der Waals surface area contributed by atoms with Gasteiger partial charge in [-0.25, -0.2) is 9.78 Å². The van der Waals surface area contributed by atoms with E-state index in [0.717, 1.165) is 47.1 Å². The van der Waals surface area contributed by atoms with E-state index < -0.39 is 0 Å². The van der Waals surface area contributed by atoms with Crippen molar-refractivity contribution in [1.29, 1.82) is 0 Å². The number of esters is 1. The monoisotopic (exact) mass is 544 g/mol. The SMILES string of the molecule is CCOC(=O)c1c(NC(=O)c2cc(-c3ccc(OC)c(OC)c3)nc3ccccc23)sc2c1CCC(CC)C2. The van der Waals surface area contributed by atoms with Gasteiger partial charge in [0.2, 0.25) is 0 Å². The Labute approximate surface area is 232 Å². The number of carbonyl (C=O) groups excluding carboxylic acids is 2. The number of fused-ring (bicyclic) bond motifs is 2. The summed E-state index contributed by atoms with van der Waals surface area (Å²) in [4.78, 5) is 32.9. The third-order valence-corrected chi connectivity index (χ3v) is 8.46. The van der Waals surface area contributed by atoms with Gasteiger partial charge in [-0.3, -0.25) is 4.79 Å². The second kappa shape index (κ2) is 11.5. The maximum absolute atomic E-state index is 13.9. The Morgan fingerprint density at radius 3 is 2.59 bits per heavy atom. The van der Waals surface area contributed by atoms with Gasteiger partial charge in [0, 0.05) is 15.8 Å². The third-order valence-electron chi connectivity index (χ3n) is 7.29. The van der Waals surface area contributed by atoms with E-state index in [-0.39, 0.29) is 18.5 Å². The second-order valence-corrected chi connectivity index (χ2v) is 10.6. The summed E-state index contributed by atoms with van der Waals surface area (Å²) in [6.45, 7) is 4.27. The molecule has 0 spiro atoms. The molecule has 2 aromatic heterocycles. The first kappa shape index (κ1) is 26.7. The number of nitrogens with zero attached hydrogens (tertiary/aromatic N) is 1. The van der Waals surface area contributed by atoms with Crippen LogP contribution in [0.3, 0.4) is 0 Å². The molecule has 1 atom stereocenters. The van der Waals surface area contributed by atoms with Crippen molar-refractivity contribution in [2.75, 3.05) is 26.1 Å². The molecule has 0 saturated carbocycles. The van der Waals surface area contributed by atoms with E-state index in [1.807, 2.05) is 42.5 Å². The number of para-hydroxylation sites is 1. The van der Waals surface area contributed by atoms with Gasteiger partial charge in [0.25, 0.3) is 5.91 Å². The number of amides is 1. The number of anilines is 1. The molecule has 1 unspecified atom stereocenters. The average Bonchev–Trinajstić information content (AvgIpc) is 3.33. The summed E-state index contributed by atoms with van der Waals surface area (Å²) in [5.74, 6) is 1.09. The van der Waals surface area contributed by atoms with Crippen molar-refractivity contribution >= 4 is 39.1 Å². The van der Waals surface area contributed by atoms with E-state index in [4.69, 9.17) is 19.2 Å². The fourth-order valence-corrected chi connectivity index (χ4v) is 6.53. The summed E-state index contributed by atoms with van der Waals surface area (Å²) >= 11 is 1.49. The Morgan fingerprint density at radius 2 is 1.85 bits per heavy atom. The molecule has 4 aromatic rings. The van der Waals surface area contributed by atoms with Gasteiger partial charge in [-0.2, -0.15) is 0 Å². The Balaban J connectivity index is 1.57. The van der Waals surface area contributed by atoms with Crippen molar-refractivity contribution in [3.63, 3.8) is 0 Å². The molecule has 8 heteroatoms. The molecule has 2 heterocycles. The molecule has 1 N–H and O–H groups in total. The number of aromatic nitrogens is 1. The molecule has 0 bridgehead atoms. The number of ether oxygens (including phenoxy) is 3. The van der Waals surface area contributed by atoms with E-state index in [1.54, 1.807) is 27.2 Å². The maximum Gasteiger partial charge on any atom is 0.341 e. The zero-order chi connectivity index (χ0) is 27.5. The van der Waals surface area contributed by atoms with E-state index in [0.29, 0.717) is 44.8 Å². The van der Waals surface area contributed by atoms with Crippen LogP contribution in [0.4, 0.5) is 5.00 Å². The number of thiophene rings is 1. The highest BCUT2D eigenvalue weighted by Crippen LogP contribution is 2.41. The van der Waals surface area contributed by atoms with E-state index in [2.05, 4.69) is 12.2 Å². The molecule has 0 aliphatic heterocycles. The lowest BCUT2D eigenvalue weighted by Crippen LogP contribution is -2.17. The number of hydrogen-bond donors (Lipinski definition) is 1. The van der Waals surface area contributed by atoms with Gasteiger partial charge in [0.1, 0.15) is 5.00 Å². The topological polar surface area (TPSA) is 86.8 Å². The lowest BCUT2D eigenvalue weighted by molar-refractivity contribution is 0.0526. The van der Waals surface area contributed by atoms with Crippen molar-refractivity contribution in [3.8, 4) is 22.8 Å². The lowest BCUT2D eigenvalue weighted by atomic mass is 9.85. The first-order valence-electron chi connectivity index (χ1n) is 13.2. The van der Waals surface area contributed by atoms with Gasteiger partial charge < -0.3 is 19.5 Å². The van der Waals surface area contributed by atoms with Gasteiger partial charge >= 0.3 is 5.97 Å². The van der Waals surface area contributed by atoms with Crippen LogP contribution in [-0.4, -0.2) is 37.7 Å². The Morgan fingerprint density at radius 1 is 1.05 bits per heavy atom. The van der Waals surface area contributed by atoms with Gasteiger partial charge in [0.05, 0.1) is 43.2 Å². The molecule has 0 saturated heterocycles. The number of nitrogens with one attached hydrogen (secondary N) is 1. The van der Waals surface area contributed by atoms with Crippen LogP contribution in [0.1, 0.15) is 57.8 Å². The minimum atomic E-state index is -0.383. The van der Waals surface area contributed by atoms with Crippen LogP contribution in [0, 0.1) is 5.92 Å². The molecule has 0 radical (unpaired) electrons. The first-order chi connectivity index (χ1) is 19.0. The highest BCUT2D eigenvalue weighted by molar-refractivity contribution is 7.17. The predicted octanol–water partition coefficient (Wildman–Crippen LogP) is 6.92. The summed E-state index contributed by atoms with van der Waals surface area (Å²) < 4.78 is 16.3. The van der Waals surface area contributed by atoms with Crippen molar-refractivity contribution < 1.29 is 23.8 Å². The average molecular weight is 545 g/mol. The first-order valence-corrected chi connectivity index (χ1v) is 14.0. The molecule has 1 amide bonds. The normalized spacial score (nSPS) is 14.5. The van der Waals surface area contributed by atoms with Crippen LogP contribution >= 0.6 is 11.3 Å². The zero-order valence-corrected chi connectivity index (χ0v) is 23.4. The Kier molecular flexibility index (Phi) is 7.84. The van der Waals surface area contributed by atoms with Crippen molar-refractivity contribution in [1.82, 2.24) is 4.98 Å². The van der Waals surface area contributed by atoms with Gasteiger partial charge in [-0.1, -0.05) is 31.5 Å². The molecule has 5 rings (SSSR count). The minimum absolute atomic E-state index is 0.276. The molecular formula is C31H32N2O5S. The predicted molar refractivity (Wildman–Crippen MR) is 154 cm³/mol. The van der Waals surface area contributed by atoms with Crippen molar-refractivity contribution in [2.24, 2.45) is 5.92 Å². The number of hydrogen-bond acceptors (Lipinski definition) is 7. The molecule has 1 aliphatic carbocycles. The van der Waals surface area contributed by atoms with Gasteiger partial charge in [-0.15, -0.1) is 11.3 Å². The van der Waals surface area contributed by atoms with Crippen LogP contribution in [0.5, 0.6) is 11.5 Å². The summed E-state index contributed by atoms with van der Waals surface area (Å²) in [5.41, 5.74) is 4.09. The number of rotatable bonds is 8. The molecule has 2 aromatic carbocycles.